The van der Waals surface area contributed by atoms with Crippen LogP contribution in [0.15, 0.2) is 12.1 Å². The summed E-state index contributed by atoms with van der Waals surface area (Å²) in [6, 6.07) is 4.36. The van der Waals surface area contributed by atoms with Gasteiger partial charge in [-0.25, -0.2) is 0 Å². The van der Waals surface area contributed by atoms with Crippen LogP contribution < -0.4 is 0 Å². The summed E-state index contributed by atoms with van der Waals surface area (Å²) < 4.78 is 0. The lowest BCUT2D eigenvalue weighted by molar-refractivity contribution is 0.00970. The topological polar surface area (TPSA) is 40.5 Å². The molecule has 0 bridgehead atoms. The highest BCUT2D eigenvalue weighted by Gasteiger charge is 2.19. The molecule has 0 saturated carbocycles. The highest BCUT2D eigenvalue weighted by atomic mass is 32.1. The Hall–Kier alpha value is -0.380. The van der Waals surface area contributed by atoms with Crippen LogP contribution >= 0.6 is 11.3 Å². The van der Waals surface area contributed by atoms with Gasteiger partial charge in [0.1, 0.15) is 0 Å². The summed E-state index contributed by atoms with van der Waals surface area (Å²) in [5.41, 5.74) is 0. The summed E-state index contributed by atoms with van der Waals surface area (Å²) >= 11 is 1.84. The van der Waals surface area contributed by atoms with Gasteiger partial charge >= 0.3 is 0 Å². The minimum atomic E-state index is -0.611. The van der Waals surface area contributed by atoms with Crippen molar-refractivity contribution in [3.8, 4) is 0 Å². The molecule has 2 nitrogen and oxygen atoms in total. The molecule has 104 valence electrons. The van der Waals surface area contributed by atoms with Crippen molar-refractivity contribution in [1.29, 1.82) is 0 Å². The van der Waals surface area contributed by atoms with E-state index in [1.807, 2.05) is 18.3 Å². The molecule has 18 heavy (non-hydrogen) atoms. The summed E-state index contributed by atoms with van der Waals surface area (Å²) in [4.78, 5) is 2.73. The third-order valence-corrected chi connectivity index (χ3v) is 4.57. The van der Waals surface area contributed by atoms with E-state index in [9.17, 15) is 10.2 Å². The average Bonchev–Trinajstić information content (AvgIpc) is 2.75. The highest BCUT2D eigenvalue weighted by Crippen LogP contribution is 2.30. The first-order valence-corrected chi connectivity index (χ1v) is 7.70. The lowest BCUT2D eigenvalue weighted by Crippen LogP contribution is -2.26. The minimum absolute atomic E-state index is 0.312. The fourth-order valence-electron chi connectivity index (χ4n) is 2.08. The van der Waals surface area contributed by atoms with Gasteiger partial charge in [-0.3, -0.25) is 0 Å². The summed E-state index contributed by atoms with van der Waals surface area (Å²) in [5, 5.41) is 19.5. The van der Waals surface area contributed by atoms with E-state index in [2.05, 4.69) is 32.9 Å². The van der Waals surface area contributed by atoms with Crippen LogP contribution in [-0.2, 0) is 6.42 Å². The second-order valence-corrected chi connectivity index (χ2v) is 6.78. The Balaban J connectivity index is 2.56. The van der Waals surface area contributed by atoms with Crippen molar-refractivity contribution in [3.05, 3.63) is 21.9 Å². The number of thiophene rings is 1. The van der Waals surface area contributed by atoms with Gasteiger partial charge in [-0.15, -0.1) is 11.3 Å². The van der Waals surface area contributed by atoms with E-state index in [1.165, 1.54) is 9.75 Å². The molecule has 0 aliphatic heterocycles. The predicted molar refractivity (Wildman–Crippen MR) is 78.2 cm³/mol. The lowest BCUT2D eigenvalue weighted by atomic mass is 9.98. The molecule has 3 unspecified atom stereocenters. The van der Waals surface area contributed by atoms with Crippen molar-refractivity contribution in [2.45, 2.75) is 65.1 Å². The van der Waals surface area contributed by atoms with Gasteiger partial charge in [0.15, 0.2) is 0 Å². The van der Waals surface area contributed by atoms with Gasteiger partial charge in [-0.1, -0.05) is 27.7 Å². The Morgan fingerprint density at radius 2 is 1.78 bits per heavy atom. The van der Waals surface area contributed by atoms with E-state index in [4.69, 9.17) is 0 Å². The number of aliphatic hydroxyl groups excluding tert-OH is 2. The smallest absolute Gasteiger partial charge is 0.0805 e. The molecule has 1 heterocycles. The zero-order valence-corrected chi connectivity index (χ0v) is 12.7. The number of aliphatic hydroxyl groups is 2. The van der Waals surface area contributed by atoms with Crippen LogP contribution in [0.2, 0.25) is 0 Å². The average molecular weight is 270 g/mol. The van der Waals surface area contributed by atoms with Crippen LogP contribution in [-0.4, -0.2) is 22.4 Å². The molecule has 1 aromatic rings. The normalized spacial score (nSPS) is 16.8. The molecule has 2 N–H and O–H groups in total. The zero-order valence-electron chi connectivity index (χ0n) is 11.9. The van der Waals surface area contributed by atoms with Gasteiger partial charge in [-0.05, 0) is 43.2 Å². The first-order valence-electron chi connectivity index (χ1n) is 6.88. The third kappa shape index (κ3) is 4.71. The van der Waals surface area contributed by atoms with E-state index in [1.54, 1.807) is 0 Å². The van der Waals surface area contributed by atoms with Crippen molar-refractivity contribution < 1.29 is 10.2 Å². The molecular formula is C15H26O2S. The SMILES string of the molecule is CCC(O)C(O)CC(C)c1ccc(CC(C)C)s1. The second kappa shape index (κ2) is 7.27. The number of rotatable bonds is 7. The van der Waals surface area contributed by atoms with Crippen molar-refractivity contribution in [3.63, 3.8) is 0 Å². The van der Waals surface area contributed by atoms with Crippen LogP contribution in [0.25, 0.3) is 0 Å². The Kier molecular flexibility index (Phi) is 6.33. The zero-order chi connectivity index (χ0) is 13.7. The van der Waals surface area contributed by atoms with Crippen molar-refractivity contribution in [1.82, 2.24) is 0 Å². The molecular weight excluding hydrogens is 244 g/mol. The second-order valence-electron chi connectivity index (χ2n) is 5.58. The molecule has 0 amide bonds. The quantitative estimate of drug-likeness (QED) is 0.795. The van der Waals surface area contributed by atoms with Crippen molar-refractivity contribution in [2.75, 3.05) is 0 Å². The van der Waals surface area contributed by atoms with Gasteiger partial charge < -0.3 is 10.2 Å². The minimum Gasteiger partial charge on any atom is -0.390 e. The summed E-state index contributed by atoms with van der Waals surface area (Å²) in [5.74, 6) is 0.992. The van der Waals surface area contributed by atoms with Crippen LogP contribution in [0.5, 0.6) is 0 Å². The first-order chi connectivity index (χ1) is 8.43. The standard InChI is InChI=1S/C15H26O2S/c1-5-13(16)14(17)9-11(4)15-7-6-12(18-15)8-10(2)3/h6-7,10-11,13-14,16-17H,5,8-9H2,1-4H3. The molecule has 1 rings (SSSR count). The summed E-state index contributed by atoms with van der Waals surface area (Å²) in [7, 11) is 0. The molecule has 3 heteroatoms. The highest BCUT2D eigenvalue weighted by molar-refractivity contribution is 7.12. The Morgan fingerprint density at radius 1 is 1.11 bits per heavy atom. The fourth-order valence-corrected chi connectivity index (χ4v) is 3.37. The third-order valence-electron chi connectivity index (χ3n) is 3.24. The number of hydrogen-bond donors (Lipinski definition) is 2. The fraction of sp³-hybridized carbons (Fsp3) is 0.733. The van der Waals surface area contributed by atoms with Gasteiger partial charge in [0.25, 0.3) is 0 Å². The van der Waals surface area contributed by atoms with Gasteiger partial charge in [0.2, 0.25) is 0 Å². The van der Waals surface area contributed by atoms with E-state index in [0.717, 1.165) is 6.42 Å². The summed E-state index contributed by atoms with van der Waals surface area (Å²) in [6.45, 7) is 8.47. The largest absolute Gasteiger partial charge is 0.390 e. The van der Waals surface area contributed by atoms with Crippen LogP contribution in [0.4, 0.5) is 0 Å². The maximum Gasteiger partial charge on any atom is 0.0805 e. The Bertz CT molecular complexity index is 346. The predicted octanol–water partition coefficient (Wildman–Crippen LogP) is 3.57. The maximum atomic E-state index is 9.86. The number of hydrogen-bond acceptors (Lipinski definition) is 3. The first kappa shape index (κ1) is 15.7. The molecule has 1 aromatic heterocycles. The maximum absolute atomic E-state index is 9.86. The van der Waals surface area contributed by atoms with Gasteiger partial charge in [-0.2, -0.15) is 0 Å². The van der Waals surface area contributed by atoms with Crippen molar-refractivity contribution in [2.24, 2.45) is 5.92 Å². The molecule has 0 aliphatic rings. The van der Waals surface area contributed by atoms with E-state index in [-0.39, 0.29) is 0 Å². The van der Waals surface area contributed by atoms with E-state index in [0.29, 0.717) is 24.7 Å². The molecule has 0 aliphatic carbocycles. The molecule has 0 saturated heterocycles. The van der Waals surface area contributed by atoms with E-state index >= 15 is 0 Å². The molecule has 0 radical (unpaired) electrons. The molecule has 0 aromatic carbocycles. The van der Waals surface area contributed by atoms with Gasteiger partial charge in [0, 0.05) is 9.75 Å². The molecule has 0 fully saturated rings. The van der Waals surface area contributed by atoms with Gasteiger partial charge in [0.05, 0.1) is 12.2 Å². The monoisotopic (exact) mass is 270 g/mol. The van der Waals surface area contributed by atoms with Crippen LogP contribution in [0, 0.1) is 5.92 Å². The van der Waals surface area contributed by atoms with Crippen LogP contribution in [0.1, 0.15) is 56.2 Å². The summed E-state index contributed by atoms with van der Waals surface area (Å²) in [6.07, 6.45) is 1.16. The molecule has 3 atom stereocenters. The van der Waals surface area contributed by atoms with E-state index < -0.39 is 12.2 Å². The van der Waals surface area contributed by atoms with Crippen LogP contribution in [0.3, 0.4) is 0 Å². The lowest BCUT2D eigenvalue weighted by Gasteiger charge is -2.19. The Labute approximate surface area is 115 Å². The van der Waals surface area contributed by atoms with Crippen molar-refractivity contribution >= 4 is 11.3 Å². The Morgan fingerprint density at radius 3 is 2.33 bits per heavy atom. The molecule has 0 spiro atoms.